The van der Waals surface area contributed by atoms with Crippen molar-refractivity contribution in [1.29, 1.82) is 0 Å². The molecule has 100 valence electrons. The first-order valence-corrected chi connectivity index (χ1v) is 7.35. The van der Waals surface area contributed by atoms with Gasteiger partial charge in [0, 0.05) is 19.4 Å². The number of aliphatic imine (C=N–C) groups is 1. The van der Waals surface area contributed by atoms with Gasteiger partial charge in [0.15, 0.2) is 5.78 Å². The summed E-state index contributed by atoms with van der Waals surface area (Å²) in [7, 11) is 1.69. The molecule has 1 N–H and O–H groups in total. The van der Waals surface area contributed by atoms with Crippen molar-refractivity contribution in [3.05, 3.63) is 30.1 Å². The lowest BCUT2D eigenvalue weighted by molar-refractivity contribution is -0.130. The van der Waals surface area contributed by atoms with Gasteiger partial charge in [0.05, 0.1) is 11.0 Å². The van der Waals surface area contributed by atoms with Crippen molar-refractivity contribution in [3.63, 3.8) is 0 Å². The lowest BCUT2D eigenvalue weighted by Gasteiger charge is -2.45. The number of fused-ring (bicyclic) bond motifs is 2. The minimum absolute atomic E-state index is 0.110. The number of carbonyl (C=O) groups excluding carboxylic acids is 1. The normalized spacial score (nSPS) is 36.5. The number of nitrogens with zero attached hydrogens (tertiary/aromatic N) is 2. The van der Waals surface area contributed by atoms with Crippen molar-refractivity contribution in [3.8, 4) is 0 Å². The van der Waals surface area contributed by atoms with E-state index in [4.69, 9.17) is 0 Å². The number of aliphatic hydroxyl groups is 1. The SMILES string of the molecule is CN=C1S[C@@H](O)[C@H]2CCC[C@]1(c1cccnc1)C2=O. The monoisotopic (exact) mass is 276 g/mol. The van der Waals surface area contributed by atoms with Crippen LogP contribution in [0.15, 0.2) is 29.5 Å². The molecule has 0 unspecified atom stereocenters. The fourth-order valence-electron chi connectivity index (χ4n) is 3.21. The van der Waals surface area contributed by atoms with E-state index in [1.54, 1.807) is 19.4 Å². The predicted molar refractivity (Wildman–Crippen MR) is 75.2 cm³/mol. The molecule has 3 rings (SSSR count). The molecule has 1 aliphatic carbocycles. The molecule has 2 aliphatic rings. The molecule has 1 aliphatic heterocycles. The van der Waals surface area contributed by atoms with E-state index >= 15 is 0 Å². The Morgan fingerprint density at radius 3 is 3.11 bits per heavy atom. The number of aromatic nitrogens is 1. The van der Waals surface area contributed by atoms with Crippen LogP contribution in [0.5, 0.6) is 0 Å². The zero-order valence-corrected chi connectivity index (χ0v) is 11.6. The maximum Gasteiger partial charge on any atom is 0.156 e. The van der Waals surface area contributed by atoms with Gasteiger partial charge >= 0.3 is 0 Å². The summed E-state index contributed by atoms with van der Waals surface area (Å²) in [5.74, 6) is -0.164. The quantitative estimate of drug-likeness (QED) is 0.849. The Kier molecular flexibility index (Phi) is 3.19. The van der Waals surface area contributed by atoms with Gasteiger partial charge in [0.1, 0.15) is 10.9 Å². The summed E-state index contributed by atoms with van der Waals surface area (Å²) < 4.78 is 0. The maximum atomic E-state index is 12.8. The van der Waals surface area contributed by atoms with E-state index in [9.17, 15) is 9.90 Å². The van der Waals surface area contributed by atoms with E-state index in [0.29, 0.717) is 0 Å². The van der Waals surface area contributed by atoms with E-state index < -0.39 is 10.9 Å². The average Bonchev–Trinajstić information content (AvgIpc) is 2.44. The van der Waals surface area contributed by atoms with Crippen LogP contribution in [0.4, 0.5) is 0 Å². The Hall–Kier alpha value is -1.20. The number of rotatable bonds is 1. The molecule has 5 heteroatoms. The molecule has 2 fully saturated rings. The Labute approximate surface area is 116 Å². The third-order valence-corrected chi connectivity index (χ3v) is 5.45. The summed E-state index contributed by atoms with van der Waals surface area (Å²) in [4.78, 5) is 21.3. The largest absolute Gasteiger partial charge is 0.381 e. The van der Waals surface area contributed by atoms with Crippen LogP contribution in [0.25, 0.3) is 0 Å². The molecule has 19 heavy (non-hydrogen) atoms. The van der Waals surface area contributed by atoms with Crippen molar-refractivity contribution in [2.75, 3.05) is 7.05 Å². The molecule has 0 amide bonds. The van der Waals surface area contributed by atoms with Crippen molar-refractivity contribution in [2.45, 2.75) is 30.1 Å². The lowest BCUT2D eigenvalue weighted by Crippen LogP contribution is -2.55. The smallest absolute Gasteiger partial charge is 0.156 e. The van der Waals surface area contributed by atoms with E-state index in [1.807, 2.05) is 12.1 Å². The number of thioether (sulfide) groups is 1. The highest BCUT2D eigenvalue weighted by atomic mass is 32.2. The summed E-state index contributed by atoms with van der Waals surface area (Å²) in [5.41, 5.74) is -0.420. The predicted octanol–water partition coefficient (Wildman–Crippen LogP) is 1.78. The Bertz CT molecular complexity index is 532. The van der Waals surface area contributed by atoms with Crippen LogP contribution in [0.1, 0.15) is 24.8 Å². The molecule has 1 saturated heterocycles. The molecule has 4 nitrogen and oxygen atoms in total. The lowest BCUT2D eigenvalue weighted by atomic mass is 9.65. The molecule has 0 radical (unpaired) electrons. The number of hydrogen-bond acceptors (Lipinski definition) is 5. The molecule has 0 spiro atoms. The molecule has 2 bridgehead atoms. The summed E-state index contributed by atoms with van der Waals surface area (Å²) in [5, 5.41) is 10.8. The first-order valence-electron chi connectivity index (χ1n) is 6.47. The van der Waals surface area contributed by atoms with Gasteiger partial charge in [0.25, 0.3) is 0 Å². The number of hydrogen-bond donors (Lipinski definition) is 1. The second-order valence-electron chi connectivity index (χ2n) is 5.05. The van der Waals surface area contributed by atoms with Crippen LogP contribution >= 0.6 is 11.8 Å². The number of aliphatic hydroxyl groups excluding tert-OH is 1. The van der Waals surface area contributed by atoms with Crippen molar-refractivity contribution in [1.82, 2.24) is 4.98 Å². The second-order valence-corrected chi connectivity index (χ2v) is 6.15. The highest BCUT2D eigenvalue weighted by Gasteiger charge is 2.56. The number of ketones is 1. The summed E-state index contributed by atoms with van der Waals surface area (Å²) >= 11 is 1.33. The molecule has 2 heterocycles. The van der Waals surface area contributed by atoms with Crippen molar-refractivity contribution >= 4 is 22.6 Å². The molecular weight excluding hydrogens is 260 g/mol. The first kappa shape index (κ1) is 12.8. The van der Waals surface area contributed by atoms with Crippen LogP contribution in [0, 0.1) is 5.92 Å². The van der Waals surface area contributed by atoms with Crippen molar-refractivity contribution in [2.24, 2.45) is 10.9 Å². The first-order chi connectivity index (χ1) is 9.20. The second kappa shape index (κ2) is 4.72. The average molecular weight is 276 g/mol. The van der Waals surface area contributed by atoms with Gasteiger partial charge in [-0.05, 0) is 24.5 Å². The molecule has 0 aromatic carbocycles. The van der Waals surface area contributed by atoms with Gasteiger partial charge in [-0.25, -0.2) is 0 Å². The third-order valence-electron chi connectivity index (χ3n) is 4.12. The van der Waals surface area contributed by atoms with Gasteiger partial charge in [0.2, 0.25) is 0 Å². The van der Waals surface area contributed by atoms with Gasteiger partial charge in [-0.15, -0.1) is 0 Å². The van der Waals surface area contributed by atoms with Crippen LogP contribution < -0.4 is 0 Å². The minimum atomic E-state index is -0.671. The van der Waals surface area contributed by atoms with Crippen LogP contribution in [0.3, 0.4) is 0 Å². The van der Waals surface area contributed by atoms with Gasteiger partial charge in [-0.1, -0.05) is 24.2 Å². The Morgan fingerprint density at radius 2 is 2.42 bits per heavy atom. The number of pyridine rings is 1. The van der Waals surface area contributed by atoms with Crippen molar-refractivity contribution < 1.29 is 9.90 Å². The van der Waals surface area contributed by atoms with E-state index in [2.05, 4.69) is 9.98 Å². The maximum absolute atomic E-state index is 12.8. The third kappa shape index (κ3) is 1.75. The molecule has 1 aromatic heterocycles. The Morgan fingerprint density at radius 1 is 1.58 bits per heavy atom. The zero-order chi connectivity index (χ0) is 13.5. The van der Waals surface area contributed by atoms with Gasteiger partial charge in [-0.2, -0.15) is 0 Å². The van der Waals surface area contributed by atoms with E-state index in [1.165, 1.54) is 11.8 Å². The van der Waals surface area contributed by atoms with Crippen LogP contribution in [-0.2, 0) is 10.2 Å². The van der Waals surface area contributed by atoms with E-state index in [0.717, 1.165) is 29.9 Å². The molecular formula is C14H16N2O2S. The summed E-state index contributed by atoms with van der Waals surface area (Å²) in [6, 6.07) is 3.79. The number of carbonyl (C=O) groups is 1. The highest BCUT2D eigenvalue weighted by molar-refractivity contribution is 8.14. The van der Waals surface area contributed by atoms with E-state index in [-0.39, 0.29) is 11.7 Å². The van der Waals surface area contributed by atoms with Gasteiger partial charge < -0.3 is 5.11 Å². The molecule has 1 aromatic rings. The summed E-state index contributed by atoms with van der Waals surface area (Å²) in [6.07, 6.45) is 5.93. The fourth-order valence-corrected chi connectivity index (χ4v) is 4.49. The highest BCUT2D eigenvalue weighted by Crippen LogP contribution is 2.50. The number of Topliss-reactive ketones (excluding diaryl/α,β-unsaturated/α-hetero) is 1. The summed E-state index contributed by atoms with van der Waals surface area (Å²) in [6.45, 7) is 0. The molecule has 3 atom stereocenters. The fraction of sp³-hybridized carbons (Fsp3) is 0.500. The van der Waals surface area contributed by atoms with Crippen LogP contribution in [0.2, 0.25) is 0 Å². The topological polar surface area (TPSA) is 62.6 Å². The Balaban J connectivity index is 2.17. The standard InChI is InChI=1S/C14H16N2O2S/c1-15-13-14(9-4-3-7-16-8-9)6-2-5-10(11(14)17)12(18)19-13/h3-4,7-8,10,12,18H,2,5-6H2,1H3/t10-,12+,14-/m0/s1. The van der Waals surface area contributed by atoms with Crippen LogP contribution in [-0.4, -0.2) is 33.4 Å². The minimum Gasteiger partial charge on any atom is -0.381 e. The zero-order valence-electron chi connectivity index (χ0n) is 10.7. The van der Waals surface area contributed by atoms with Gasteiger partial charge in [-0.3, -0.25) is 14.8 Å². The molecule has 1 saturated carbocycles.